The highest BCUT2D eigenvalue weighted by Gasteiger charge is 2.46. The number of benzene rings is 1. The molecule has 1 fully saturated rings. The maximum Gasteiger partial charge on any atom is 0.416 e. The molecule has 1 aromatic carbocycles. The van der Waals surface area contributed by atoms with E-state index in [0.29, 0.717) is 0 Å². The largest absolute Gasteiger partial charge is 0.416 e. The standard InChI is InChI=1S/C17H16F3NO2S/c18-17(19,20)13-5-3-11(4-6-13)15(22)21-10-16(23,12-7-8-12)14-2-1-9-24-14/h1-6,9,12,23H,7-8,10H2,(H,21,22). The van der Waals surface area contributed by atoms with Gasteiger partial charge >= 0.3 is 6.18 Å². The molecule has 0 radical (unpaired) electrons. The van der Waals surface area contributed by atoms with Crippen LogP contribution in [-0.2, 0) is 11.8 Å². The fourth-order valence-corrected chi connectivity index (χ4v) is 3.55. The molecule has 1 aromatic heterocycles. The van der Waals surface area contributed by atoms with Crippen molar-refractivity contribution in [3.63, 3.8) is 0 Å². The zero-order valence-electron chi connectivity index (χ0n) is 12.6. The van der Waals surface area contributed by atoms with E-state index in [4.69, 9.17) is 0 Å². The van der Waals surface area contributed by atoms with Gasteiger partial charge in [-0.1, -0.05) is 6.07 Å². The van der Waals surface area contributed by atoms with Crippen molar-refractivity contribution in [2.75, 3.05) is 6.54 Å². The molecule has 128 valence electrons. The van der Waals surface area contributed by atoms with Gasteiger partial charge in [0.05, 0.1) is 12.1 Å². The highest BCUT2D eigenvalue weighted by Crippen LogP contribution is 2.46. The first-order valence-corrected chi connectivity index (χ1v) is 8.40. The van der Waals surface area contributed by atoms with Gasteiger partial charge in [0.15, 0.2) is 0 Å². The first-order valence-electron chi connectivity index (χ1n) is 7.52. The SMILES string of the molecule is O=C(NCC(O)(c1cccs1)C1CC1)c1ccc(C(F)(F)F)cc1. The number of halogens is 3. The number of rotatable bonds is 5. The summed E-state index contributed by atoms with van der Waals surface area (Å²) < 4.78 is 37.6. The van der Waals surface area contributed by atoms with Crippen LogP contribution in [0.2, 0.25) is 0 Å². The molecule has 1 amide bonds. The number of hydrogen-bond donors (Lipinski definition) is 2. The van der Waals surface area contributed by atoms with Gasteiger partial charge in [0, 0.05) is 10.4 Å². The van der Waals surface area contributed by atoms with Crippen LogP contribution in [0.3, 0.4) is 0 Å². The molecule has 3 nitrogen and oxygen atoms in total. The van der Waals surface area contributed by atoms with Crippen molar-refractivity contribution in [3.8, 4) is 0 Å². The van der Waals surface area contributed by atoms with Crippen molar-refractivity contribution in [2.24, 2.45) is 5.92 Å². The average molecular weight is 355 g/mol. The van der Waals surface area contributed by atoms with Crippen LogP contribution < -0.4 is 5.32 Å². The summed E-state index contributed by atoms with van der Waals surface area (Å²) in [5, 5.41) is 15.4. The summed E-state index contributed by atoms with van der Waals surface area (Å²) >= 11 is 1.42. The molecule has 0 aliphatic heterocycles. The Bertz CT molecular complexity index is 708. The Morgan fingerprint density at radius 1 is 1.21 bits per heavy atom. The van der Waals surface area contributed by atoms with E-state index in [-0.39, 0.29) is 18.0 Å². The van der Waals surface area contributed by atoms with E-state index in [9.17, 15) is 23.1 Å². The Morgan fingerprint density at radius 2 is 1.88 bits per heavy atom. The van der Waals surface area contributed by atoms with Gasteiger partial charge in [-0.15, -0.1) is 11.3 Å². The third-order valence-electron chi connectivity index (χ3n) is 4.19. The fraction of sp³-hybridized carbons (Fsp3) is 0.353. The molecular formula is C17H16F3NO2S. The lowest BCUT2D eigenvalue weighted by Gasteiger charge is -2.27. The maximum atomic E-state index is 12.5. The van der Waals surface area contributed by atoms with Crippen LogP contribution in [0.15, 0.2) is 41.8 Å². The van der Waals surface area contributed by atoms with E-state index in [1.165, 1.54) is 11.3 Å². The molecule has 24 heavy (non-hydrogen) atoms. The van der Waals surface area contributed by atoms with Crippen molar-refractivity contribution in [1.29, 1.82) is 0 Å². The summed E-state index contributed by atoms with van der Waals surface area (Å²) in [4.78, 5) is 13.0. The van der Waals surface area contributed by atoms with Gasteiger partial charge < -0.3 is 10.4 Å². The smallest absolute Gasteiger partial charge is 0.382 e. The fourth-order valence-electron chi connectivity index (χ4n) is 2.65. The van der Waals surface area contributed by atoms with Crippen molar-refractivity contribution < 1.29 is 23.1 Å². The van der Waals surface area contributed by atoms with Crippen molar-refractivity contribution in [2.45, 2.75) is 24.6 Å². The molecule has 2 N–H and O–H groups in total. The maximum absolute atomic E-state index is 12.5. The first-order chi connectivity index (χ1) is 11.3. The monoisotopic (exact) mass is 355 g/mol. The molecule has 1 aliphatic carbocycles. The van der Waals surface area contributed by atoms with Crippen molar-refractivity contribution >= 4 is 17.2 Å². The normalized spacial score (nSPS) is 17.3. The Morgan fingerprint density at radius 3 is 2.38 bits per heavy atom. The van der Waals surface area contributed by atoms with E-state index in [1.54, 1.807) is 0 Å². The average Bonchev–Trinajstić information content (AvgIpc) is 3.26. The van der Waals surface area contributed by atoms with Gasteiger partial charge in [0.1, 0.15) is 5.60 Å². The van der Waals surface area contributed by atoms with Gasteiger partial charge in [0.2, 0.25) is 0 Å². The summed E-state index contributed by atoms with van der Waals surface area (Å²) in [5.74, 6) is -0.400. The van der Waals surface area contributed by atoms with E-state index in [0.717, 1.165) is 42.0 Å². The second kappa shape index (κ2) is 6.22. The topological polar surface area (TPSA) is 49.3 Å². The number of carbonyl (C=O) groups excluding carboxylic acids is 1. The van der Waals surface area contributed by atoms with E-state index in [1.807, 2.05) is 17.5 Å². The number of aliphatic hydroxyl groups is 1. The highest BCUT2D eigenvalue weighted by atomic mass is 32.1. The molecule has 1 heterocycles. The second-order valence-corrected chi connectivity index (χ2v) is 6.88. The predicted molar refractivity (Wildman–Crippen MR) is 84.7 cm³/mol. The molecule has 7 heteroatoms. The molecule has 1 saturated carbocycles. The molecule has 0 saturated heterocycles. The zero-order valence-corrected chi connectivity index (χ0v) is 13.5. The Kier molecular flexibility index (Phi) is 4.40. The highest BCUT2D eigenvalue weighted by molar-refractivity contribution is 7.10. The number of alkyl halides is 3. The minimum atomic E-state index is -4.43. The van der Waals surface area contributed by atoms with Crippen molar-refractivity contribution in [1.82, 2.24) is 5.32 Å². The lowest BCUT2D eigenvalue weighted by Crippen LogP contribution is -2.42. The van der Waals surface area contributed by atoms with Crippen LogP contribution >= 0.6 is 11.3 Å². The van der Waals surface area contributed by atoms with E-state index < -0.39 is 23.2 Å². The Labute approximate surface area is 141 Å². The van der Waals surface area contributed by atoms with Crippen LogP contribution in [0, 0.1) is 5.92 Å². The summed E-state index contributed by atoms with van der Waals surface area (Å²) in [5.41, 5.74) is -1.78. The lowest BCUT2D eigenvalue weighted by atomic mass is 9.95. The third kappa shape index (κ3) is 3.47. The second-order valence-electron chi connectivity index (χ2n) is 5.93. The Balaban J connectivity index is 1.68. The molecule has 2 aromatic rings. The van der Waals surface area contributed by atoms with E-state index >= 15 is 0 Å². The van der Waals surface area contributed by atoms with Crippen LogP contribution in [0.4, 0.5) is 13.2 Å². The number of hydrogen-bond acceptors (Lipinski definition) is 3. The number of thiophene rings is 1. The van der Waals surface area contributed by atoms with E-state index in [2.05, 4.69) is 5.32 Å². The number of nitrogens with one attached hydrogen (secondary N) is 1. The summed E-state index contributed by atoms with van der Waals surface area (Å²) in [7, 11) is 0. The van der Waals surface area contributed by atoms with Crippen LogP contribution in [0.1, 0.15) is 33.6 Å². The Hall–Kier alpha value is -1.86. The van der Waals surface area contributed by atoms with Gasteiger partial charge in [-0.2, -0.15) is 13.2 Å². The molecule has 3 rings (SSSR count). The minimum absolute atomic E-state index is 0.0397. The molecular weight excluding hydrogens is 339 g/mol. The minimum Gasteiger partial charge on any atom is -0.382 e. The first kappa shape index (κ1) is 17.0. The molecule has 1 atom stereocenters. The summed E-state index contributed by atoms with van der Waals surface area (Å²) in [6.45, 7) is 0.0397. The number of amides is 1. The van der Waals surface area contributed by atoms with Gasteiger partial charge in [-0.05, 0) is 54.5 Å². The molecule has 0 spiro atoms. The summed E-state index contributed by atoms with van der Waals surface area (Å²) in [6.07, 6.45) is -2.64. The zero-order chi connectivity index (χ0) is 17.4. The summed E-state index contributed by atoms with van der Waals surface area (Å²) in [6, 6.07) is 7.69. The molecule has 1 unspecified atom stereocenters. The van der Waals surface area contributed by atoms with Gasteiger partial charge in [0.25, 0.3) is 5.91 Å². The molecule has 1 aliphatic rings. The van der Waals surface area contributed by atoms with Crippen LogP contribution in [-0.4, -0.2) is 17.6 Å². The molecule has 0 bridgehead atoms. The van der Waals surface area contributed by atoms with Crippen LogP contribution in [0.25, 0.3) is 0 Å². The van der Waals surface area contributed by atoms with Gasteiger partial charge in [-0.3, -0.25) is 4.79 Å². The lowest BCUT2D eigenvalue weighted by molar-refractivity contribution is -0.137. The van der Waals surface area contributed by atoms with Crippen LogP contribution in [0.5, 0.6) is 0 Å². The third-order valence-corrected chi connectivity index (χ3v) is 5.23. The predicted octanol–water partition coefficient (Wildman–Crippen LogP) is 3.79. The van der Waals surface area contributed by atoms with Gasteiger partial charge in [-0.25, -0.2) is 0 Å². The number of carbonyl (C=O) groups is 1. The quantitative estimate of drug-likeness (QED) is 0.857. The van der Waals surface area contributed by atoms with Crippen molar-refractivity contribution in [3.05, 3.63) is 57.8 Å².